The molecule has 0 amide bonds. The van der Waals surface area contributed by atoms with E-state index >= 15 is 4.39 Å². The highest BCUT2D eigenvalue weighted by Gasteiger charge is 2.23. The number of aryl methyl sites for hydroxylation is 1. The van der Waals surface area contributed by atoms with Crippen LogP contribution in [0, 0.1) is 18.6 Å². The van der Waals surface area contributed by atoms with Crippen LogP contribution < -0.4 is 10.2 Å². The molecule has 1 atom stereocenters. The van der Waals surface area contributed by atoms with Gasteiger partial charge in [0.1, 0.15) is 17.5 Å². The molecular weight excluding hydrogens is 436 g/mol. The van der Waals surface area contributed by atoms with E-state index in [2.05, 4.69) is 5.32 Å². The van der Waals surface area contributed by atoms with Crippen molar-refractivity contribution in [2.45, 2.75) is 33.0 Å². The number of anilines is 2. The van der Waals surface area contributed by atoms with Gasteiger partial charge in [0.25, 0.3) is 0 Å². The summed E-state index contributed by atoms with van der Waals surface area (Å²) >= 11 is 0. The number of para-hydroxylation sites is 1. The van der Waals surface area contributed by atoms with Gasteiger partial charge in [-0.3, -0.25) is 0 Å². The standard InChI is InChI=1S/C27H23F2N3O2/c1-15-9-21(16(2)30-24-6-4-3-5-20(24)27(33)34)26-22(10-15)23(29)12-25(31-26)32-13-17-7-8-19(28)11-18(17)14-32/h3-12,16,30H,13-14H2,1-2H3,(H,33,34)/t16-/m1/s1. The molecule has 4 aromatic rings. The van der Waals surface area contributed by atoms with Crippen molar-refractivity contribution in [3.8, 4) is 0 Å². The summed E-state index contributed by atoms with van der Waals surface area (Å²) in [5.41, 5.74) is 4.65. The lowest BCUT2D eigenvalue weighted by molar-refractivity contribution is 0.0698. The average molecular weight is 459 g/mol. The van der Waals surface area contributed by atoms with Crippen LogP contribution >= 0.6 is 0 Å². The van der Waals surface area contributed by atoms with Gasteiger partial charge in [-0.15, -0.1) is 0 Å². The van der Waals surface area contributed by atoms with Gasteiger partial charge in [-0.2, -0.15) is 0 Å². The van der Waals surface area contributed by atoms with Gasteiger partial charge in [-0.25, -0.2) is 18.6 Å². The zero-order valence-corrected chi connectivity index (χ0v) is 18.8. The van der Waals surface area contributed by atoms with Crippen molar-refractivity contribution in [3.05, 3.63) is 100 Å². The van der Waals surface area contributed by atoms with Crippen LogP contribution in [0.3, 0.4) is 0 Å². The smallest absolute Gasteiger partial charge is 0.337 e. The number of halogens is 2. The third-order valence-corrected chi connectivity index (χ3v) is 6.23. The lowest BCUT2D eigenvalue weighted by atomic mass is 9.99. The zero-order valence-electron chi connectivity index (χ0n) is 18.8. The van der Waals surface area contributed by atoms with Crippen LogP contribution in [0.2, 0.25) is 0 Å². The highest BCUT2D eigenvalue weighted by atomic mass is 19.1. The van der Waals surface area contributed by atoms with Crippen LogP contribution in [0.15, 0.2) is 60.7 Å². The van der Waals surface area contributed by atoms with E-state index in [0.29, 0.717) is 35.5 Å². The summed E-state index contributed by atoms with van der Waals surface area (Å²) in [4.78, 5) is 18.4. The van der Waals surface area contributed by atoms with E-state index in [4.69, 9.17) is 4.98 Å². The second-order valence-corrected chi connectivity index (χ2v) is 8.70. The molecular formula is C27H23F2N3O2. The van der Waals surface area contributed by atoms with Gasteiger partial charge in [0.15, 0.2) is 0 Å². The topological polar surface area (TPSA) is 65.5 Å². The number of hydrogen-bond donors (Lipinski definition) is 2. The van der Waals surface area contributed by atoms with Gasteiger partial charge in [0.05, 0.1) is 17.1 Å². The Kier molecular flexibility index (Phi) is 5.40. The number of nitrogens with zero attached hydrogens (tertiary/aromatic N) is 2. The molecule has 3 aromatic carbocycles. The molecule has 5 rings (SSSR count). The van der Waals surface area contributed by atoms with Crippen molar-refractivity contribution >= 4 is 28.4 Å². The molecule has 0 spiro atoms. The van der Waals surface area contributed by atoms with Crippen molar-refractivity contribution < 1.29 is 18.7 Å². The number of carbonyl (C=O) groups is 1. The van der Waals surface area contributed by atoms with E-state index in [0.717, 1.165) is 22.3 Å². The number of carboxylic acid groups (broad SMARTS) is 1. The number of aromatic carboxylic acids is 1. The first-order valence-corrected chi connectivity index (χ1v) is 11.0. The maximum atomic E-state index is 15.3. The first-order chi connectivity index (χ1) is 16.3. The normalized spacial score (nSPS) is 13.7. The quantitative estimate of drug-likeness (QED) is 0.371. The summed E-state index contributed by atoms with van der Waals surface area (Å²) in [7, 11) is 0. The molecule has 0 aliphatic carbocycles. The average Bonchev–Trinajstić information content (AvgIpc) is 3.22. The number of aromatic nitrogens is 1. The summed E-state index contributed by atoms with van der Waals surface area (Å²) in [5.74, 6) is -1.23. The molecule has 0 saturated carbocycles. The van der Waals surface area contributed by atoms with Crippen molar-refractivity contribution in [1.29, 1.82) is 0 Å². The molecule has 34 heavy (non-hydrogen) atoms. The Morgan fingerprint density at radius 1 is 1.06 bits per heavy atom. The summed E-state index contributed by atoms with van der Waals surface area (Å²) in [6.07, 6.45) is 0. The van der Waals surface area contributed by atoms with Gasteiger partial charge >= 0.3 is 5.97 Å². The first-order valence-electron chi connectivity index (χ1n) is 11.0. The van der Waals surface area contributed by atoms with E-state index in [1.807, 2.05) is 24.8 Å². The van der Waals surface area contributed by atoms with Gasteiger partial charge in [0, 0.05) is 35.8 Å². The first kappa shape index (κ1) is 21.8. The molecule has 1 aromatic heterocycles. The van der Waals surface area contributed by atoms with Crippen LogP contribution in [0.1, 0.15) is 45.6 Å². The van der Waals surface area contributed by atoms with E-state index in [9.17, 15) is 14.3 Å². The van der Waals surface area contributed by atoms with Gasteiger partial charge in [0.2, 0.25) is 0 Å². The molecule has 2 N–H and O–H groups in total. The minimum absolute atomic E-state index is 0.160. The second kappa shape index (κ2) is 8.41. The SMILES string of the molecule is Cc1cc([C@@H](C)Nc2ccccc2C(=O)O)c2nc(N3Cc4ccc(F)cc4C3)cc(F)c2c1. The summed E-state index contributed by atoms with van der Waals surface area (Å²) in [6.45, 7) is 4.76. The molecule has 0 bridgehead atoms. The van der Waals surface area contributed by atoms with E-state index in [1.165, 1.54) is 24.3 Å². The Balaban J connectivity index is 1.55. The maximum Gasteiger partial charge on any atom is 0.337 e. The minimum atomic E-state index is -1.03. The number of nitrogens with one attached hydrogen (secondary N) is 1. The third-order valence-electron chi connectivity index (χ3n) is 6.23. The molecule has 0 unspecified atom stereocenters. The number of benzene rings is 3. The number of carboxylic acids is 1. The molecule has 7 heteroatoms. The molecule has 0 radical (unpaired) electrons. The van der Waals surface area contributed by atoms with Crippen molar-refractivity contribution in [2.75, 3.05) is 10.2 Å². The fourth-order valence-electron chi connectivity index (χ4n) is 4.58. The summed E-state index contributed by atoms with van der Waals surface area (Å²) in [5, 5.41) is 13.2. The van der Waals surface area contributed by atoms with E-state index in [-0.39, 0.29) is 23.2 Å². The van der Waals surface area contributed by atoms with Gasteiger partial charge in [-0.1, -0.05) is 24.3 Å². The summed E-state index contributed by atoms with van der Waals surface area (Å²) in [6, 6.07) is 16.2. The van der Waals surface area contributed by atoms with Crippen LogP contribution in [0.5, 0.6) is 0 Å². The fraction of sp³-hybridized carbons (Fsp3) is 0.185. The largest absolute Gasteiger partial charge is 0.478 e. The molecule has 1 aliphatic heterocycles. The molecule has 0 saturated heterocycles. The number of pyridine rings is 1. The van der Waals surface area contributed by atoms with Gasteiger partial charge in [-0.05, 0) is 60.9 Å². The third kappa shape index (κ3) is 3.94. The monoisotopic (exact) mass is 459 g/mol. The van der Waals surface area contributed by atoms with Crippen LogP contribution in [-0.4, -0.2) is 16.1 Å². The van der Waals surface area contributed by atoms with Crippen LogP contribution in [0.25, 0.3) is 10.9 Å². The van der Waals surface area contributed by atoms with Crippen LogP contribution in [-0.2, 0) is 13.1 Å². The molecule has 1 aliphatic rings. The van der Waals surface area contributed by atoms with Crippen molar-refractivity contribution in [1.82, 2.24) is 4.98 Å². The highest BCUT2D eigenvalue weighted by molar-refractivity contribution is 5.94. The number of hydrogen-bond acceptors (Lipinski definition) is 4. The predicted octanol–water partition coefficient (Wildman–Crippen LogP) is 6.21. The lowest BCUT2D eigenvalue weighted by Crippen LogP contribution is -2.17. The molecule has 5 nitrogen and oxygen atoms in total. The zero-order chi connectivity index (χ0) is 24.0. The fourth-order valence-corrected chi connectivity index (χ4v) is 4.58. The minimum Gasteiger partial charge on any atom is -0.478 e. The van der Waals surface area contributed by atoms with Crippen LogP contribution in [0.4, 0.5) is 20.3 Å². The summed E-state index contributed by atoms with van der Waals surface area (Å²) < 4.78 is 29.0. The van der Waals surface area contributed by atoms with Gasteiger partial charge < -0.3 is 15.3 Å². The Hall–Kier alpha value is -4.00. The van der Waals surface area contributed by atoms with E-state index in [1.54, 1.807) is 30.3 Å². The number of rotatable bonds is 5. The highest BCUT2D eigenvalue weighted by Crippen LogP contribution is 2.34. The second-order valence-electron chi connectivity index (χ2n) is 8.70. The number of fused-ring (bicyclic) bond motifs is 2. The van der Waals surface area contributed by atoms with Crippen molar-refractivity contribution in [2.24, 2.45) is 0 Å². The van der Waals surface area contributed by atoms with E-state index < -0.39 is 5.97 Å². The maximum absolute atomic E-state index is 15.3. The molecule has 0 fully saturated rings. The predicted molar refractivity (Wildman–Crippen MR) is 128 cm³/mol. The Morgan fingerprint density at radius 2 is 1.82 bits per heavy atom. The lowest BCUT2D eigenvalue weighted by Gasteiger charge is -2.22. The molecule has 2 heterocycles. The molecule has 172 valence electrons. The van der Waals surface area contributed by atoms with Crippen molar-refractivity contribution in [3.63, 3.8) is 0 Å². The Morgan fingerprint density at radius 3 is 2.62 bits per heavy atom. The Bertz CT molecular complexity index is 1440. The Labute approximate surface area is 195 Å².